The smallest absolute Gasteiger partial charge is 0.358 e. The van der Waals surface area contributed by atoms with Crippen LogP contribution in [0.2, 0.25) is 0 Å². The summed E-state index contributed by atoms with van der Waals surface area (Å²) < 4.78 is 167. The number of non-ortho nitro benzene ring substituents is 3. The van der Waals surface area contributed by atoms with Crippen LogP contribution in [0.4, 0.5) is 40.1 Å². The van der Waals surface area contributed by atoms with Crippen molar-refractivity contribution in [3.05, 3.63) is 235 Å². The number of nitro groups is 3. The minimum Gasteiger partial charge on any atom is -0.476 e. The number of aryl methyl sites for hydroxylation is 2. The third-order valence-electron chi connectivity index (χ3n) is 16.3. The fraction of sp³-hybridized carbons (Fsp3) is 0.358. The molecule has 4 atom stereocenters. The predicted octanol–water partition coefficient (Wildman–Crippen LogP) is 17.0. The quantitative estimate of drug-likeness (QED) is 0.00558. The maximum atomic E-state index is 12.8. The van der Waals surface area contributed by atoms with Gasteiger partial charge in [-0.3, -0.25) is 58.0 Å². The number of aromatic carboxylic acids is 1. The van der Waals surface area contributed by atoms with Gasteiger partial charge in [-0.05, 0) is 147 Å². The van der Waals surface area contributed by atoms with Crippen molar-refractivity contribution in [1.29, 1.82) is 0 Å². The molecule has 0 radical (unpaired) electrons. The van der Waals surface area contributed by atoms with E-state index in [1.165, 1.54) is 109 Å². The van der Waals surface area contributed by atoms with E-state index in [1.54, 1.807) is 86.6 Å². The number of anilines is 4. The molecular weight excluding hydrogens is 1930 g/mol. The number of carboxylic acid groups (broad SMARTS) is 1. The minimum absolute atomic E-state index is 0.0298. The fourth-order valence-electron chi connectivity index (χ4n) is 10.6. The van der Waals surface area contributed by atoms with Crippen LogP contribution in [0.25, 0.3) is 22.5 Å². The van der Waals surface area contributed by atoms with Crippen LogP contribution in [-0.2, 0) is 79.5 Å². The van der Waals surface area contributed by atoms with Crippen LogP contribution >= 0.6 is 61.2 Å². The van der Waals surface area contributed by atoms with Crippen molar-refractivity contribution >= 4 is 143 Å². The van der Waals surface area contributed by atoms with E-state index in [1.807, 2.05) is 76.2 Å². The van der Waals surface area contributed by atoms with E-state index in [2.05, 4.69) is 45.6 Å². The van der Waals surface area contributed by atoms with Crippen LogP contribution in [0, 0.1) is 44.2 Å². The summed E-state index contributed by atoms with van der Waals surface area (Å²) in [4.78, 5) is 71.5. The number of amides is 1. The zero-order valence-electron chi connectivity index (χ0n) is 75.5. The van der Waals surface area contributed by atoms with E-state index in [0.717, 1.165) is 62.9 Å². The SMILES string of the molecule is CCN.CCNP(=O)(CS(=O)(=O)c1ccc(N)cc1)OCC.CCNP(=O)(CS(=O)(=O)c1ccc(NC(=O)c2nc(-c3ccc(C)cc3)cnc2N)cc1)OCC.CCNP(=O)(CS(=O)(=O)c1ccc([N+](=O)[O-])cc1)OCC.CCNP(=O)(CSc1ccc([N+](=O)[O-])cc1)OCC.CCOP(=O)(CSc1ccc([N+](=O)[O-])cc1)OCC.Cc1ccc(-c2cnc(N)c(C(=O)O)n2)cc1. The molecule has 133 heavy (non-hydrogen) atoms. The first-order chi connectivity index (χ1) is 62.6. The van der Waals surface area contributed by atoms with E-state index in [9.17, 15) is 88.0 Å². The molecule has 42 nitrogen and oxygen atoms in total. The van der Waals surface area contributed by atoms with Crippen molar-refractivity contribution in [3.8, 4) is 22.5 Å². The first-order valence-electron chi connectivity index (χ1n) is 40.7. The number of nitrogens with one attached hydrogen (secondary N) is 5. The maximum absolute atomic E-state index is 12.8. The molecular formula is C81H115N16O26P5S5. The van der Waals surface area contributed by atoms with E-state index < -0.39 is 110 Å². The average Bonchev–Trinajstić information content (AvgIpc) is 0.817. The largest absolute Gasteiger partial charge is 0.476 e. The van der Waals surface area contributed by atoms with E-state index in [-0.39, 0.29) is 80.1 Å². The van der Waals surface area contributed by atoms with E-state index in [4.69, 9.17) is 55.2 Å². The number of hydrogen-bond acceptors (Lipinski definition) is 35. The topological polar surface area (TPSA) is 643 Å². The first kappa shape index (κ1) is 118. The summed E-state index contributed by atoms with van der Waals surface area (Å²) >= 11 is 2.65. The number of carbonyl (C=O) groups is 2. The van der Waals surface area contributed by atoms with Gasteiger partial charge >= 0.3 is 13.6 Å². The number of sulfone groups is 3. The third kappa shape index (κ3) is 41.7. The van der Waals surface area contributed by atoms with Gasteiger partial charge in [0.2, 0.25) is 0 Å². The Morgan fingerprint density at radius 3 is 1.02 bits per heavy atom. The zero-order valence-corrected chi connectivity index (χ0v) is 84.1. The second kappa shape index (κ2) is 58.0. The fourth-order valence-corrected chi connectivity index (χ4v) is 30.6. The highest BCUT2D eigenvalue weighted by atomic mass is 32.2. The number of nitro benzene ring substituents is 3. The van der Waals surface area contributed by atoms with Gasteiger partial charge in [-0.2, -0.15) is 0 Å². The number of nitrogen functional groups attached to an aromatic ring is 3. The average molecular weight is 2040 g/mol. The molecule has 0 aliphatic carbocycles. The van der Waals surface area contributed by atoms with Gasteiger partial charge in [-0.25, -0.2) is 70.3 Å². The monoisotopic (exact) mass is 2040 g/mol. The Bertz CT molecular complexity index is 5710. The maximum Gasteiger partial charge on any atom is 0.358 e. The molecule has 7 aromatic carbocycles. The summed E-state index contributed by atoms with van der Waals surface area (Å²) in [5.74, 6) is -1.88. The standard InChI is InChI=1S/C23H28N5O5PS.C12H11N3O2.C11H17N2O6PS.C11H19N2O4PS.C11H17N2O4PS.C11H16NO5PS.C2H7N/c1-4-26-34(30,33-5-2)15-35(31,32)19-12-10-18(11-13-19)27-23(29)21-22(24)25-14-20(28-21)17-8-6-16(3)7-9-17;1-7-2-4-8(5-3-7)9-6-14-11(13)10(15-9)12(16)17;1-3-12-20(16,19-4-2)9-21(17,18)11-7-5-10(6-8-11)13(14)15;1-3-13-18(14,17-4-2)9-19(15,16)11-7-5-10(12)6-8-11;1-3-12-18(16,17-4-2)9-19-11-7-5-10(6-8-11)13(14)15;1-3-16-18(15,17-4-2)9-19-11-7-5-10(6-8-11)12(13)14;1-2-3/h6-14H,4-5,15H2,1-3H3,(H2,24,25)(H,26,30)(H,27,29);2-6H,1H3,(H2,13,14)(H,16,17);5-8H,3-4,9H2,1-2H3,(H,12,16);5-8H,3-4,9,12H2,1-2H3,(H,13,14);5-8H,3-4,9H2,1-2H3,(H,12,16);5-8H,3-4,9H2,1-2H3;2-3H2,1H3. The number of hydrogen-bond donors (Lipinski definition) is 10. The Kier molecular flexibility index (Phi) is 51.4. The molecule has 9 rings (SSSR count). The molecule has 2 heterocycles. The number of thioether (sulfide) groups is 2. The van der Waals surface area contributed by atoms with Gasteiger partial charge in [-0.15, -0.1) is 23.5 Å². The molecule has 0 aliphatic heterocycles. The van der Waals surface area contributed by atoms with Gasteiger partial charge in [0.1, 0.15) is 22.0 Å². The molecule has 0 saturated heterocycles. The summed E-state index contributed by atoms with van der Waals surface area (Å²) in [6.07, 6.45) is 2.96. The molecule has 14 N–H and O–H groups in total. The van der Waals surface area contributed by atoms with Gasteiger partial charge in [0, 0.05) is 94.9 Å². The van der Waals surface area contributed by atoms with E-state index >= 15 is 0 Å². The normalized spacial score (nSPS) is 13.0. The summed E-state index contributed by atoms with van der Waals surface area (Å²) in [5, 5.41) is 53.8. The molecule has 730 valence electrons. The van der Waals surface area contributed by atoms with Crippen LogP contribution < -0.4 is 48.6 Å². The summed E-state index contributed by atoms with van der Waals surface area (Å²) in [6, 6.07) is 43.1. The van der Waals surface area contributed by atoms with Crippen molar-refractivity contribution in [2.45, 2.75) is 114 Å². The third-order valence-corrected chi connectivity index (χ3v) is 39.5. The van der Waals surface area contributed by atoms with Crippen molar-refractivity contribution < 1.29 is 105 Å². The second-order valence-corrected chi connectivity index (χ2v) is 48.1. The summed E-state index contributed by atoms with van der Waals surface area (Å²) in [5.41, 5.74) is 25.4. The molecule has 9 aromatic rings. The Morgan fingerprint density at radius 1 is 0.414 bits per heavy atom. The summed E-state index contributed by atoms with van der Waals surface area (Å²) in [6.45, 7) is 26.8. The summed E-state index contributed by atoms with van der Waals surface area (Å²) in [7, 11) is -27.9. The van der Waals surface area contributed by atoms with Crippen LogP contribution in [0.5, 0.6) is 0 Å². The molecule has 2 aromatic heterocycles. The highest BCUT2D eigenvalue weighted by Crippen LogP contribution is 2.53. The van der Waals surface area contributed by atoms with Gasteiger partial charge in [0.25, 0.3) is 53.0 Å². The molecule has 0 aliphatic rings. The van der Waals surface area contributed by atoms with Crippen LogP contribution in [-0.4, -0.2) is 177 Å². The number of aromatic nitrogens is 4. The lowest BCUT2D eigenvalue weighted by molar-refractivity contribution is -0.385. The van der Waals surface area contributed by atoms with Crippen molar-refractivity contribution in [2.75, 3.05) is 122 Å². The number of carbonyl (C=O) groups excluding carboxylic acids is 1. The molecule has 0 saturated carbocycles. The lowest BCUT2D eigenvalue weighted by Crippen LogP contribution is -2.20. The van der Waals surface area contributed by atoms with Crippen molar-refractivity contribution in [3.63, 3.8) is 0 Å². The zero-order chi connectivity index (χ0) is 100.0. The molecule has 0 spiro atoms. The number of nitrogens with zero attached hydrogens (tertiary/aromatic N) is 7. The minimum atomic E-state index is -3.91. The Morgan fingerprint density at radius 2 is 0.699 bits per heavy atom. The van der Waals surface area contributed by atoms with Gasteiger partial charge < -0.3 is 60.5 Å². The highest BCUT2D eigenvalue weighted by molar-refractivity contribution is 8.05. The number of carboxylic acids is 1. The van der Waals surface area contributed by atoms with Crippen LogP contribution in [0.1, 0.15) is 108 Å². The molecule has 4 unspecified atom stereocenters. The molecule has 1 amide bonds. The van der Waals surface area contributed by atoms with Crippen LogP contribution in [0.15, 0.2) is 207 Å². The van der Waals surface area contributed by atoms with Crippen molar-refractivity contribution in [2.24, 2.45) is 5.73 Å². The lowest BCUT2D eigenvalue weighted by atomic mass is 10.1. The van der Waals surface area contributed by atoms with Crippen molar-refractivity contribution in [1.82, 2.24) is 40.3 Å². The molecule has 52 heteroatoms. The van der Waals surface area contributed by atoms with Crippen LogP contribution in [0.3, 0.4) is 0 Å². The highest BCUT2D eigenvalue weighted by Gasteiger charge is 2.35. The molecule has 0 fully saturated rings. The second-order valence-electron chi connectivity index (χ2n) is 26.9. The number of nitrogens with two attached hydrogens (primary N) is 4. The lowest BCUT2D eigenvalue weighted by Gasteiger charge is -2.18. The predicted molar refractivity (Wildman–Crippen MR) is 520 cm³/mol. The Hall–Kier alpha value is -9.50. The number of benzene rings is 7. The van der Waals surface area contributed by atoms with Gasteiger partial charge in [0.15, 0.2) is 52.5 Å². The van der Waals surface area contributed by atoms with Gasteiger partial charge in [-0.1, -0.05) is 94.3 Å². The Labute approximate surface area is 782 Å². The Balaban J connectivity index is 0.000000417. The number of rotatable bonds is 43. The van der Waals surface area contributed by atoms with E-state index in [0.29, 0.717) is 74.3 Å². The molecule has 0 bridgehead atoms. The first-order valence-corrected chi connectivity index (χ1v) is 56.6. The van der Waals surface area contributed by atoms with Gasteiger partial charge in [0.05, 0.1) is 98.4 Å².